The summed E-state index contributed by atoms with van der Waals surface area (Å²) in [4.78, 5) is 0. The van der Waals surface area contributed by atoms with E-state index in [1.54, 1.807) is 0 Å². The highest BCUT2D eigenvalue weighted by Crippen LogP contribution is 2.22. The van der Waals surface area contributed by atoms with Gasteiger partial charge < -0.3 is 4.57 Å². The Morgan fingerprint density at radius 2 is 1.88 bits per heavy atom. The van der Waals surface area contributed by atoms with Crippen molar-refractivity contribution in [2.24, 2.45) is 0 Å². The van der Waals surface area contributed by atoms with Gasteiger partial charge in [-0.25, -0.2) is 0 Å². The van der Waals surface area contributed by atoms with Crippen LogP contribution in [0.3, 0.4) is 0 Å². The number of alkyl halides is 1. The molecule has 16 heavy (non-hydrogen) atoms. The van der Waals surface area contributed by atoms with Crippen LogP contribution in [0.4, 0.5) is 0 Å². The molecule has 0 aliphatic carbocycles. The van der Waals surface area contributed by atoms with E-state index in [0.717, 1.165) is 17.2 Å². The molecule has 0 saturated carbocycles. The number of rotatable bonds is 3. The molecule has 0 fully saturated rings. The van der Waals surface area contributed by atoms with Crippen LogP contribution in [0.1, 0.15) is 25.7 Å². The normalized spacial score (nSPS) is 11.0. The van der Waals surface area contributed by atoms with E-state index in [1.165, 1.54) is 0 Å². The van der Waals surface area contributed by atoms with Crippen LogP contribution in [0.5, 0.6) is 0 Å². The zero-order chi connectivity index (χ0) is 11.5. The highest BCUT2D eigenvalue weighted by atomic mass is 35.5. The number of nitrogens with zero attached hydrogens (tertiary/aromatic N) is 3. The van der Waals surface area contributed by atoms with Gasteiger partial charge in [-0.2, -0.15) is 0 Å². The number of aromatic nitrogens is 3. The summed E-state index contributed by atoms with van der Waals surface area (Å²) in [6.45, 7) is 4.21. The molecule has 2 aromatic rings. The molecular formula is C12H14ClN3. The molecule has 0 atom stereocenters. The fourth-order valence-electron chi connectivity index (χ4n) is 1.74. The van der Waals surface area contributed by atoms with Gasteiger partial charge in [0.05, 0.1) is 5.88 Å². The lowest BCUT2D eigenvalue weighted by Gasteiger charge is -2.12. The van der Waals surface area contributed by atoms with Gasteiger partial charge in [0.25, 0.3) is 0 Å². The summed E-state index contributed by atoms with van der Waals surface area (Å²) in [5, 5.41) is 8.32. The minimum absolute atomic E-state index is 0.305. The molecule has 2 rings (SSSR count). The standard InChI is InChI=1S/C12H14ClN3/c1-9(2)16-11(8-13)14-15-12(16)10-6-4-3-5-7-10/h3-7,9H,8H2,1-2H3. The van der Waals surface area contributed by atoms with Gasteiger partial charge in [-0.1, -0.05) is 30.3 Å². The smallest absolute Gasteiger partial charge is 0.164 e. The Kier molecular flexibility index (Phi) is 3.25. The average molecular weight is 236 g/mol. The van der Waals surface area contributed by atoms with Crippen LogP contribution < -0.4 is 0 Å². The highest BCUT2D eigenvalue weighted by Gasteiger charge is 2.14. The fourth-order valence-corrected chi connectivity index (χ4v) is 1.92. The largest absolute Gasteiger partial charge is 0.307 e. The number of hydrogen-bond acceptors (Lipinski definition) is 2. The summed E-state index contributed by atoms with van der Waals surface area (Å²) in [6.07, 6.45) is 0. The molecule has 0 unspecified atom stereocenters. The highest BCUT2D eigenvalue weighted by molar-refractivity contribution is 6.16. The third-order valence-electron chi connectivity index (χ3n) is 2.43. The Labute approximate surface area is 100 Å². The minimum atomic E-state index is 0.305. The molecule has 0 aliphatic rings. The SMILES string of the molecule is CC(C)n1c(CCl)nnc1-c1ccccc1. The van der Waals surface area contributed by atoms with Crippen molar-refractivity contribution in [1.29, 1.82) is 0 Å². The van der Waals surface area contributed by atoms with Crippen molar-refractivity contribution in [3.63, 3.8) is 0 Å². The van der Waals surface area contributed by atoms with Crippen LogP contribution in [0.25, 0.3) is 11.4 Å². The second kappa shape index (κ2) is 4.66. The molecule has 1 aromatic carbocycles. The summed E-state index contributed by atoms with van der Waals surface area (Å²) in [6, 6.07) is 10.3. The van der Waals surface area contributed by atoms with Crippen LogP contribution in [-0.2, 0) is 5.88 Å². The molecule has 1 heterocycles. The predicted octanol–water partition coefficient (Wildman–Crippen LogP) is 3.26. The molecule has 0 amide bonds. The lowest BCUT2D eigenvalue weighted by molar-refractivity contribution is 0.585. The van der Waals surface area contributed by atoms with Gasteiger partial charge in [-0.3, -0.25) is 0 Å². The Morgan fingerprint density at radius 1 is 1.19 bits per heavy atom. The van der Waals surface area contributed by atoms with E-state index < -0.39 is 0 Å². The molecule has 0 aliphatic heterocycles. The van der Waals surface area contributed by atoms with Crippen molar-refractivity contribution in [2.45, 2.75) is 25.8 Å². The maximum atomic E-state index is 5.85. The molecule has 4 heteroatoms. The van der Waals surface area contributed by atoms with E-state index in [2.05, 4.69) is 28.6 Å². The molecule has 0 spiro atoms. The first-order chi connectivity index (χ1) is 7.74. The van der Waals surface area contributed by atoms with Gasteiger partial charge >= 0.3 is 0 Å². The van der Waals surface area contributed by atoms with Crippen molar-refractivity contribution in [3.8, 4) is 11.4 Å². The average Bonchev–Trinajstić information content (AvgIpc) is 2.73. The first-order valence-corrected chi connectivity index (χ1v) is 5.82. The van der Waals surface area contributed by atoms with Gasteiger partial charge in [0, 0.05) is 11.6 Å². The van der Waals surface area contributed by atoms with E-state index in [4.69, 9.17) is 11.6 Å². The Morgan fingerprint density at radius 3 is 2.44 bits per heavy atom. The van der Waals surface area contributed by atoms with E-state index in [9.17, 15) is 0 Å². The molecule has 0 bridgehead atoms. The van der Waals surface area contributed by atoms with E-state index in [0.29, 0.717) is 11.9 Å². The summed E-state index contributed by atoms with van der Waals surface area (Å²) in [7, 11) is 0. The minimum Gasteiger partial charge on any atom is -0.307 e. The molecule has 0 radical (unpaired) electrons. The molecular weight excluding hydrogens is 222 g/mol. The van der Waals surface area contributed by atoms with E-state index >= 15 is 0 Å². The van der Waals surface area contributed by atoms with Crippen molar-refractivity contribution >= 4 is 11.6 Å². The third kappa shape index (κ3) is 1.95. The van der Waals surface area contributed by atoms with Crippen LogP contribution in [-0.4, -0.2) is 14.8 Å². The van der Waals surface area contributed by atoms with Crippen LogP contribution in [0.2, 0.25) is 0 Å². The molecule has 0 N–H and O–H groups in total. The van der Waals surface area contributed by atoms with Crippen LogP contribution >= 0.6 is 11.6 Å². The van der Waals surface area contributed by atoms with Gasteiger partial charge in [0.15, 0.2) is 5.82 Å². The van der Waals surface area contributed by atoms with Crippen molar-refractivity contribution in [3.05, 3.63) is 36.2 Å². The van der Waals surface area contributed by atoms with Gasteiger partial charge in [0.1, 0.15) is 5.82 Å². The number of hydrogen-bond donors (Lipinski definition) is 0. The number of benzene rings is 1. The lowest BCUT2D eigenvalue weighted by atomic mass is 10.2. The predicted molar refractivity (Wildman–Crippen MR) is 65.4 cm³/mol. The molecule has 1 aromatic heterocycles. The molecule has 0 saturated heterocycles. The van der Waals surface area contributed by atoms with Gasteiger partial charge in [0.2, 0.25) is 0 Å². The summed E-state index contributed by atoms with van der Waals surface area (Å²) < 4.78 is 2.07. The summed E-state index contributed by atoms with van der Waals surface area (Å²) >= 11 is 5.85. The van der Waals surface area contributed by atoms with Gasteiger partial charge in [-0.15, -0.1) is 21.8 Å². The van der Waals surface area contributed by atoms with Crippen molar-refractivity contribution in [1.82, 2.24) is 14.8 Å². The van der Waals surface area contributed by atoms with E-state index in [1.807, 2.05) is 30.3 Å². The fraction of sp³-hybridized carbons (Fsp3) is 0.333. The first kappa shape index (κ1) is 11.1. The second-order valence-corrected chi connectivity index (χ2v) is 4.17. The van der Waals surface area contributed by atoms with Crippen molar-refractivity contribution in [2.75, 3.05) is 0 Å². The van der Waals surface area contributed by atoms with Gasteiger partial charge in [-0.05, 0) is 13.8 Å². The lowest BCUT2D eigenvalue weighted by Crippen LogP contribution is -2.06. The Balaban J connectivity index is 2.53. The summed E-state index contributed by atoms with van der Waals surface area (Å²) in [5.41, 5.74) is 1.07. The molecule has 3 nitrogen and oxygen atoms in total. The van der Waals surface area contributed by atoms with Crippen LogP contribution in [0, 0.1) is 0 Å². The van der Waals surface area contributed by atoms with Crippen LogP contribution in [0.15, 0.2) is 30.3 Å². The second-order valence-electron chi connectivity index (χ2n) is 3.90. The summed E-state index contributed by atoms with van der Waals surface area (Å²) in [5.74, 6) is 2.08. The quantitative estimate of drug-likeness (QED) is 0.765. The topological polar surface area (TPSA) is 30.7 Å². The Hall–Kier alpha value is -1.35. The molecule has 84 valence electrons. The zero-order valence-electron chi connectivity index (χ0n) is 9.39. The van der Waals surface area contributed by atoms with E-state index in [-0.39, 0.29) is 0 Å². The van der Waals surface area contributed by atoms with Crippen molar-refractivity contribution < 1.29 is 0 Å². The maximum absolute atomic E-state index is 5.85. The monoisotopic (exact) mass is 235 g/mol. The Bertz CT molecular complexity index is 462. The number of halogens is 1. The first-order valence-electron chi connectivity index (χ1n) is 5.29. The maximum Gasteiger partial charge on any atom is 0.164 e. The third-order valence-corrected chi connectivity index (χ3v) is 2.67. The zero-order valence-corrected chi connectivity index (χ0v) is 10.1.